The lowest BCUT2D eigenvalue weighted by Gasteiger charge is -2.16. The maximum absolute atomic E-state index is 12.3. The van der Waals surface area contributed by atoms with E-state index < -0.39 is 0 Å². The summed E-state index contributed by atoms with van der Waals surface area (Å²) in [7, 11) is 1.68. The smallest absolute Gasteiger partial charge is 0.322 e. The van der Waals surface area contributed by atoms with Gasteiger partial charge in [0.2, 0.25) is 11.8 Å². The first-order valence-electron chi connectivity index (χ1n) is 9.05. The summed E-state index contributed by atoms with van der Waals surface area (Å²) >= 11 is 0. The molecule has 0 aliphatic heterocycles. The summed E-state index contributed by atoms with van der Waals surface area (Å²) in [6.45, 7) is 4.16. The zero-order chi connectivity index (χ0) is 19.2. The molecule has 6 heteroatoms. The van der Waals surface area contributed by atoms with Crippen LogP contribution in [-0.4, -0.2) is 28.2 Å². The van der Waals surface area contributed by atoms with Crippen molar-refractivity contribution in [1.29, 1.82) is 0 Å². The van der Waals surface area contributed by atoms with Crippen molar-refractivity contribution in [3.8, 4) is 11.1 Å². The SMILES string of the molecule is CCCc1ccc(-c2ccc(NC(=O)N(C)Cc3nnc(C)o3)cc2)cc1. The average Bonchev–Trinajstić information content (AvgIpc) is 3.08. The Kier molecular flexibility index (Phi) is 5.86. The minimum Gasteiger partial charge on any atom is -0.424 e. The monoisotopic (exact) mass is 364 g/mol. The number of urea groups is 1. The van der Waals surface area contributed by atoms with Crippen molar-refractivity contribution in [2.75, 3.05) is 12.4 Å². The Morgan fingerprint density at radius 2 is 1.67 bits per heavy atom. The lowest BCUT2D eigenvalue weighted by atomic mass is 10.0. The predicted molar refractivity (Wildman–Crippen MR) is 105 cm³/mol. The number of hydrogen-bond acceptors (Lipinski definition) is 4. The molecule has 0 saturated heterocycles. The molecular weight excluding hydrogens is 340 g/mol. The Hall–Kier alpha value is -3.15. The van der Waals surface area contributed by atoms with Crippen LogP contribution in [0.1, 0.15) is 30.7 Å². The van der Waals surface area contributed by atoms with Crippen molar-refractivity contribution in [3.05, 3.63) is 65.9 Å². The summed E-state index contributed by atoms with van der Waals surface area (Å²) in [4.78, 5) is 13.8. The van der Waals surface area contributed by atoms with Gasteiger partial charge >= 0.3 is 6.03 Å². The molecule has 0 aliphatic carbocycles. The summed E-state index contributed by atoms with van der Waals surface area (Å²) in [5.41, 5.74) is 4.37. The highest BCUT2D eigenvalue weighted by molar-refractivity contribution is 5.89. The number of amides is 2. The summed E-state index contributed by atoms with van der Waals surface area (Å²) in [5.74, 6) is 0.893. The number of carbonyl (C=O) groups is 1. The number of aromatic nitrogens is 2. The fourth-order valence-electron chi connectivity index (χ4n) is 2.79. The van der Waals surface area contributed by atoms with Gasteiger partial charge < -0.3 is 14.6 Å². The Bertz CT molecular complexity index is 885. The first-order chi connectivity index (χ1) is 13.0. The summed E-state index contributed by atoms with van der Waals surface area (Å²) < 4.78 is 5.30. The largest absolute Gasteiger partial charge is 0.424 e. The number of carbonyl (C=O) groups excluding carboxylic acids is 1. The molecule has 1 aromatic heterocycles. The quantitative estimate of drug-likeness (QED) is 0.690. The van der Waals surface area contributed by atoms with Crippen LogP contribution in [0.5, 0.6) is 0 Å². The molecule has 1 heterocycles. The van der Waals surface area contributed by atoms with Crippen molar-refractivity contribution >= 4 is 11.7 Å². The van der Waals surface area contributed by atoms with Gasteiger partial charge in [-0.1, -0.05) is 49.7 Å². The Balaban J connectivity index is 1.60. The second kappa shape index (κ2) is 8.49. The van der Waals surface area contributed by atoms with Crippen LogP contribution in [-0.2, 0) is 13.0 Å². The standard InChI is InChI=1S/C21H24N4O2/c1-4-5-16-6-8-17(9-7-16)18-10-12-19(13-11-18)22-21(26)25(3)14-20-24-23-15(2)27-20/h6-13H,4-5,14H2,1-3H3,(H,22,26). The molecule has 0 fully saturated rings. The van der Waals surface area contributed by atoms with Crippen LogP contribution < -0.4 is 5.32 Å². The van der Waals surface area contributed by atoms with Crippen molar-refractivity contribution < 1.29 is 9.21 Å². The molecule has 0 unspecified atom stereocenters. The number of benzene rings is 2. The number of anilines is 1. The van der Waals surface area contributed by atoms with E-state index in [1.165, 1.54) is 10.5 Å². The lowest BCUT2D eigenvalue weighted by molar-refractivity contribution is 0.215. The molecule has 27 heavy (non-hydrogen) atoms. The van der Waals surface area contributed by atoms with Gasteiger partial charge in [0.1, 0.15) is 6.54 Å². The average molecular weight is 364 g/mol. The molecule has 0 bridgehead atoms. The Morgan fingerprint density at radius 3 is 2.22 bits per heavy atom. The van der Waals surface area contributed by atoms with E-state index in [1.54, 1.807) is 14.0 Å². The molecule has 0 spiro atoms. The van der Waals surface area contributed by atoms with E-state index in [9.17, 15) is 4.79 Å². The molecule has 140 valence electrons. The predicted octanol–water partition coefficient (Wildman–Crippen LogP) is 4.66. The van der Waals surface area contributed by atoms with Gasteiger partial charge in [0.25, 0.3) is 0 Å². The normalized spacial score (nSPS) is 10.6. The fourth-order valence-corrected chi connectivity index (χ4v) is 2.79. The highest BCUT2D eigenvalue weighted by Gasteiger charge is 2.13. The van der Waals surface area contributed by atoms with Crippen LogP contribution in [0.4, 0.5) is 10.5 Å². The third-order valence-corrected chi connectivity index (χ3v) is 4.25. The van der Waals surface area contributed by atoms with Crippen LogP contribution >= 0.6 is 0 Å². The molecule has 2 aromatic carbocycles. The molecule has 0 atom stereocenters. The number of aryl methyl sites for hydroxylation is 2. The second-order valence-corrected chi connectivity index (χ2v) is 6.53. The van der Waals surface area contributed by atoms with Gasteiger partial charge in [0.05, 0.1) is 0 Å². The number of rotatable bonds is 6. The van der Waals surface area contributed by atoms with Gasteiger partial charge in [0, 0.05) is 19.7 Å². The van der Waals surface area contributed by atoms with E-state index in [1.807, 2.05) is 24.3 Å². The summed E-state index contributed by atoms with van der Waals surface area (Å²) in [6, 6.07) is 16.2. The molecule has 3 rings (SSSR count). The van der Waals surface area contributed by atoms with E-state index in [4.69, 9.17) is 4.42 Å². The van der Waals surface area contributed by atoms with E-state index >= 15 is 0 Å². The molecule has 6 nitrogen and oxygen atoms in total. The zero-order valence-electron chi connectivity index (χ0n) is 15.9. The molecular formula is C21H24N4O2. The second-order valence-electron chi connectivity index (χ2n) is 6.53. The van der Waals surface area contributed by atoms with Crippen LogP contribution in [0.15, 0.2) is 52.9 Å². The van der Waals surface area contributed by atoms with E-state index in [2.05, 4.69) is 46.7 Å². The number of nitrogens with one attached hydrogen (secondary N) is 1. The zero-order valence-corrected chi connectivity index (χ0v) is 15.9. The summed E-state index contributed by atoms with van der Waals surface area (Å²) in [5, 5.41) is 10.5. The van der Waals surface area contributed by atoms with Crippen LogP contribution in [0.25, 0.3) is 11.1 Å². The van der Waals surface area contributed by atoms with Gasteiger partial charge in [-0.15, -0.1) is 10.2 Å². The Labute approximate surface area is 159 Å². The van der Waals surface area contributed by atoms with Crippen molar-refractivity contribution in [1.82, 2.24) is 15.1 Å². The van der Waals surface area contributed by atoms with Gasteiger partial charge in [-0.25, -0.2) is 4.79 Å². The topological polar surface area (TPSA) is 71.3 Å². The van der Waals surface area contributed by atoms with Crippen molar-refractivity contribution in [2.45, 2.75) is 33.2 Å². The maximum Gasteiger partial charge on any atom is 0.322 e. The van der Waals surface area contributed by atoms with Gasteiger partial charge in [-0.3, -0.25) is 0 Å². The Morgan fingerprint density at radius 1 is 1.04 bits per heavy atom. The van der Waals surface area contributed by atoms with E-state index in [0.29, 0.717) is 11.8 Å². The van der Waals surface area contributed by atoms with Crippen LogP contribution in [0.3, 0.4) is 0 Å². The minimum absolute atomic E-state index is 0.234. The van der Waals surface area contributed by atoms with Gasteiger partial charge in [0.15, 0.2) is 0 Å². The molecule has 2 amide bonds. The maximum atomic E-state index is 12.3. The highest BCUT2D eigenvalue weighted by atomic mass is 16.4. The first-order valence-corrected chi connectivity index (χ1v) is 9.05. The van der Waals surface area contributed by atoms with Crippen LogP contribution in [0, 0.1) is 6.92 Å². The number of nitrogens with zero attached hydrogens (tertiary/aromatic N) is 3. The van der Waals surface area contributed by atoms with Crippen LogP contribution in [0.2, 0.25) is 0 Å². The van der Waals surface area contributed by atoms with Crippen molar-refractivity contribution in [2.24, 2.45) is 0 Å². The molecule has 0 saturated carbocycles. The molecule has 0 aliphatic rings. The molecule has 0 radical (unpaired) electrons. The van der Waals surface area contributed by atoms with Gasteiger partial charge in [-0.05, 0) is 35.2 Å². The highest BCUT2D eigenvalue weighted by Crippen LogP contribution is 2.22. The third kappa shape index (κ3) is 4.94. The lowest BCUT2D eigenvalue weighted by Crippen LogP contribution is -2.30. The fraction of sp³-hybridized carbons (Fsp3) is 0.286. The van der Waals surface area contributed by atoms with Crippen molar-refractivity contribution in [3.63, 3.8) is 0 Å². The van der Waals surface area contributed by atoms with E-state index in [-0.39, 0.29) is 12.6 Å². The first kappa shape index (κ1) is 18.6. The van der Waals surface area contributed by atoms with E-state index in [0.717, 1.165) is 29.7 Å². The third-order valence-electron chi connectivity index (χ3n) is 4.25. The summed E-state index contributed by atoms with van der Waals surface area (Å²) in [6.07, 6.45) is 2.25. The number of hydrogen-bond donors (Lipinski definition) is 1. The minimum atomic E-state index is -0.234. The molecule has 3 aromatic rings. The molecule has 1 N–H and O–H groups in total. The van der Waals surface area contributed by atoms with Gasteiger partial charge in [-0.2, -0.15) is 0 Å².